The summed E-state index contributed by atoms with van der Waals surface area (Å²) in [4.78, 5) is 9.87. The molecule has 0 radical (unpaired) electrons. The van der Waals surface area contributed by atoms with Crippen molar-refractivity contribution in [2.45, 2.75) is 0 Å². The highest BCUT2D eigenvalue weighted by Gasteiger charge is 2.07. The minimum absolute atomic E-state index is 0.0410. The summed E-state index contributed by atoms with van der Waals surface area (Å²) in [6, 6.07) is 0. The van der Waals surface area contributed by atoms with E-state index in [4.69, 9.17) is 5.11 Å². The Morgan fingerprint density at radius 3 is 2.40 bits per heavy atom. The Morgan fingerprint density at radius 1 is 1.60 bits per heavy atom. The van der Waals surface area contributed by atoms with Crippen LogP contribution in [0.1, 0.15) is 0 Å². The molecule has 0 aromatic carbocycles. The fraction of sp³-hybridized carbons (Fsp3) is 0.800. The van der Waals surface area contributed by atoms with Gasteiger partial charge in [0.2, 0.25) is 0 Å². The Morgan fingerprint density at radius 2 is 2.10 bits per heavy atom. The number of carbonyl (C=O) groups is 1. The monoisotopic (exact) mass is 166 g/mol. The van der Waals surface area contributed by atoms with Gasteiger partial charge in [-0.15, -0.1) is 0 Å². The second-order valence-electron chi connectivity index (χ2n) is 2.45. The number of carboxylic acid groups (broad SMARTS) is 1. The maximum atomic E-state index is 10.9. The van der Waals surface area contributed by atoms with Crippen LogP contribution < -0.4 is 0 Å². The van der Waals surface area contributed by atoms with Crippen LogP contribution in [0.4, 0.5) is 0 Å². The van der Waals surface area contributed by atoms with E-state index in [-0.39, 0.29) is 13.0 Å². The van der Waals surface area contributed by atoms with E-state index in [9.17, 15) is 9.36 Å². The lowest BCUT2D eigenvalue weighted by Gasteiger charge is -2.04. The summed E-state index contributed by atoms with van der Waals surface area (Å²) in [6.45, 7) is 2.73. The standard InChI is InChI=1S/C5H11O4P/c1-10(2,8)4-9-3-5(6)7/h3-4H2,1-2H3,(H,6,7). The Bertz CT molecular complexity index is 159. The van der Waals surface area contributed by atoms with Crippen molar-refractivity contribution in [2.75, 3.05) is 26.3 Å². The summed E-state index contributed by atoms with van der Waals surface area (Å²) in [5.74, 6) is -1.03. The molecule has 0 aromatic heterocycles. The fourth-order valence-corrected chi connectivity index (χ4v) is 0.884. The largest absolute Gasteiger partial charge is 0.480 e. The third kappa shape index (κ3) is 7.66. The molecule has 0 rings (SSSR count). The van der Waals surface area contributed by atoms with Crippen LogP contribution in [0.25, 0.3) is 0 Å². The van der Waals surface area contributed by atoms with Gasteiger partial charge in [0.15, 0.2) is 0 Å². The lowest BCUT2D eigenvalue weighted by molar-refractivity contribution is -0.141. The molecule has 0 aliphatic heterocycles. The molecule has 5 heteroatoms. The van der Waals surface area contributed by atoms with Gasteiger partial charge in [0.1, 0.15) is 13.7 Å². The molecule has 0 atom stereocenters. The van der Waals surface area contributed by atoms with Gasteiger partial charge >= 0.3 is 5.97 Å². The minimum atomic E-state index is -2.21. The second-order valence-corrected chi connectivity index (χ2v) is 5.85. The average Bonchev–Trinajstić information content (AvgIpc) is 1.59. The van der Waals surface area contributed by atoms with Crippen LogP contribution in [0.15, 0.2) is 0 Å². The molecular weight excluding hydrogens is 155 g/mol. The van der Waals surface area contributed by atoms with Gasteiger partial charge in [-0.05, 0) is 13.3 Å². The molecule has 0 saturated carbocycles. The van der Waals surface area contributed by atoms with Crippen LogP contribution in [0.2, 0.25) is 0 Å². The van der Waals surface area contributed by atoms with E-state index in [0.717, 1.165) is 0 Å². The molecular formula is C5H11O4P. The van der Waals surface area contributed by atoms with E-state index in [2.05, 4.69) is 4.74 Å². The average molecular weight is 166 g/mol. The first-order valence-electron chi connectivity index (χ1n) is 2.75. The van der Waals surface area contributed by atoms with Crippen molar-refractivity contribution in [3.05, 3.63) is 0 Å². The van der Waals surface area contributed by atoms with Crippen LogP contribution in [-0.2, 0) is 14.1 Å². The number of carboxylic acids is 1. The van der Waals surface area contributed by atoms with Crippen molar-refractivity contribution in [1.82, 2.24) is 0 Å². The van der Waals surface area contributed by atoms with E-state index in [1.807, 2.05) is 0 Å². The maximum Gasteiger partial charge on any atom is 0.329 e. The van der Waals surface area contributed by atoms with E-state index in [1.165, 1.54) is 0 Å². The summed E-state index contributed by atoms with van der Waals surface area (Å²) in [5, 5.41) is 8.10. The molecule has 0 bridgehead atoms. The van der Waals surface area contributed by atoms with Gasteiger partial charge in [0.25, 0.3) is 0 Å². The molecule has 0 aliphatic rings. The van der Waals surface area contributed by atoms with Crippen molar-refractivity contribution >= 4 is 13.1 Å². The third-order valence-electron chi connectivity index (χ3n) is 0.628. The van der Waals surface area contributed by atoms with Crippen molar-refractivity contribution in [1.29, 1.82) is 0 Å². The molecule has 4 nitrogen and oxygen atoms in total. The van der Waals surface area contributed by atoms with Crippen LogP contribution in [0.3, 0.4) is 0 Å². The summed E-state index contributed by atoms with van der Waals surface area (Å²) in [6.07, 6.45) is 0.0410. The SMILES string of the molecule is CP(C)(=O)COCC(=O)O. The highest BCUT2D eigenvalue weighted by molar-refractivity contribution is 7.62. The van der Waals surface area contributed by atoms with Crippen molar-refractivity contribution in [3.8, 4) is 0 Å². The van der Waals surface area contributed by atoms with E-state index in [0.29, 0.717) is 0 Å². The third-order valence-corrected chi connectivity index (χ3v) is 1.43. The summed E-state index contributed by atoms with van der Waals surface area (Å²) < 4.78 is 15.5. The Labute approximate surface area is 59.6 Å². The van der Waals surface area contributed by atoms with Crippen molar-refractivity contribution in [3.63, 3.8) is 0 Å². The molecule has 0 heterocycles. The normalized spacial score (nSPS) is 11.4. The maximum absolute atomic E-state index is 10.9. The van der Waals surface area contributed by atoms with Gasteiger partial charge in [-0.25, -0.2) is 4.79 Å². The molecule has 60 valence electrons. The molecule has 10 heavy (non-hydrogen) atoms. The Hall–Kier alpha value is -0.340. The van der Waals surface area contributed by atoms with Gasteiger partial charge in [-0.2, -0.15) is 0 Å². The number of rotatable bonds is 4. The molecule has 0 aromatic rings. The van der Waals surface area contributed by atoms with E-state index < -0.39 is 13.1 Å². The Balaban J connectivity index is 3.39. The van der Waals surface area contributed by atoms with Gasteiger partial charge in [0, 0.05) is 0 Å². The van der Waals surface area contributed by atoms with Crippen molar-refractivity contribution < 1.29 is 19.2 Å². The highest BCUT2D eigenvalue weighted by Crippen LogP contribution is 2.35. The van der Waals surface area contributed by atoms with Crippen LogP contribution in [0, 0.1) is 0 Å². The predicted octanol–water partition coefficient (Wildman–Crippen LogP) is 0.668. The lowest BCUT2D eigenvalue weighted by Crippen LogP contribution is -2.07. The van der Waals surface area contributed by atoms with Crippen molar-refractivity contribution in [2.24, 2.45) is 0 Å². The zero-order valence-electron chi connectivity index (χ0n) is 6.03. The molecule has 0 amide bonds. The first kappa shape index (κ1) is 9.66. The Kier molecular flexibility index (Phi) is 3.61. The molecule has 1 N–H and O–H groups in total. The zero-order valence-corrected chi connectivity index (χ0v) is 6.93. The molecule has 0 unspecified atom stereocenters. The smallest absolute Gasteiger partial charge is 0.329 e. The van der Waals surface area contributed by atoms with Crippen LogP contribution >= 0.6 is 7.14 Å². The van der Waals surface area contributed by atoms with Gasteiger partial charge in [0.05, 0.1) is 6.35 Å². The van der Waals surface area contributed by atoms with E-state index in [1.54, 1.807) is 13.3 Å². The first-order valence-corrected chi connectivity index (χ1v) is 5.54. The number of hydrogen-bond acceptors (Lipinski definition) is 3. The molecule has 0 spiro atoms. The predicted molar refractivity (Wildman–Crippen MR) is 37.9 cm³/mol. The summed E-state index contributed by atoms with van der Waals surface area (Å²) in [5.41, 5.74) is 0. The van der Waals surface area contributed by atoms with Crippen LogP contribution in [0.5, 0.6) is 0 Å². The second kappa shape index (κ2) is 3.74. The lowest BCUT2D eigenvalue weighted by atomic mass is 10.8. The number of aliphatic carboxylic acids is 1. The quantitative estimate of drug-likeness (QED) is 0.623. The first-order chi connectivity index (χ1) is 4.42. The summed E-state index contributed by atoms with van der Waals surface area (Å²) in [7, 11) is -2.21. The van der Waals surface area contributed by atoms with Gasteiger partial charge in [-0.1, -0.05) is 0 Å². The van der Waals surface area contributed by atoms with E-state index >= 15 is 0 Å². The molecule has 0 saturated heterocycles. The highest BCUT2D eigenvalue weighted by atomic mass is 31.2. The van der Waals surface area contributed by atoms with Gasteiger partial charge in [-0.3, -0.25) is 0 Å². The number of hydrogen-bond donors (Lipinski definition) is 1. The fourth-order valence-electron chi connectivity index (χ4n) is 0.353. The number of ether oxygens (including phenoxy) is 1. The zero-order chi connectivity index (χ0) is 8.20. The minimum Gasteiger partial charge on any atom is -0.480 e. The summed E-state index contributed by atoms with van der Waals surface area (Å²) >= 11 is 0. The molecule has 0 aliphatic carbocycles. The van der Waals surface area contributed by atoms with Gasteiger partial charge < -0.3 is 14.4 Å². The molecule has 0 fully saturated rings. The topological polar surface area (TPSA) is 63.6 Å². The van der Waals surface area contributed by atoms with Crippen LogP contribution in [-0.4, -0.2) is 37.4 Å².